The normalized spacial score (nSPS) is 14.4. The van der Waals surface area contributed by atoms with Gasteiger partial charge in [-0.2, -0.15) is 30.4 Å². The highest BCUT2D eigenvalue weighted by Gasteiger charge is 2.66. The van der Waals surface area contributed by atoms with Gasteiger partial charge < -0.3 is 4.74 Å². The van der Waals surface area contributed by atoms with Crippen molar-refractivity contribution in [3.63, 3.8) is 0 Å². The van der Waals surface area contributed by atoms with Gasteiger partial charge in [-0.25, -0.2) is 4.79 Å². The molecule has 0 heterocycles. The maximum atomic E-state index is 13.3. The number of carbonyl (C=O) groups excluding carboxylic acids is 1. The van der Waals surface area contributed by atoms with Crippen molar-refractivity contribution in [2.45, 2.75) is 37.8 Å². The third kappa shape index (κ3) is 5.36. The summed E-state index contributed by atoms with van der Waals surface area (Å²) in [7, 11) is -6.46. The maximum absolute atomic E-state index is 13.3. The molecule has 1 aromatic carbocycles. The smallest absolute Gasteiger partial charge is 0.432 e. The summed E-state index contributed by atoms with van der Waals surface area (Å²) in [5.41, 5.74) is 0.273. The number of halogens is 5. The highest BCUT2D eigenvalue weighted by molar-refractivity contribution is 7.86. The van der Waals surface area contributed by atoms with Gasteiger partial charge in [-0.1, -0.05) is 26.0 Å². The molecule has 1 rings (SSSR count). The van der Waals surface area contributed by atoms with Crippen LogP contribution in [0.1, 0.15) is 29.8 Å². The Hall–Kier alpha value is -1.75. The molecule has 0 aromatic heterocycles. The summed E-state index contributed by atoms with van der Waals surface area (Å²) in [5, 5.41) is -5.75. The first kappa shape index (κ1) is 21.3. The Morgan fingerprint density at radius 2 is 1.60 bits per heavy atom. The van der Waals surface area contributed by atoms with Crippen molar-refractivity contribution >= 4 is 16.1 Å². The van der Waals surface area contributed by atoms with Crippen LogP contribution < -0.4 is 0 Å². The minimum absolute atomic E-state index is 0.265. The molecule has 0 amide bonds. The van der Waals surface area contributed by atoms with Crippen LogP contribution in [0.3, 0.4) is 0 Å². The summed E-state index contributed by atoms with van der Waals surface area (Å²) in [6.45, 7) is 3.82. The Morgan fingerprint density at radius 3 is 1.96 bits per heavy atom. The molecule has 0 aliphatic heterocycles. The largest absolute Gasteiger partial charge is 0.441 e. The Kier molecular flexibility index (Phi) is 6.17. The van der Waals surface area contributed by atoms with E-state index in [1.54, 1.807) is 0 Å². The Balaban J connectivity index is 3.08. The number of hydrogen-bond acceptors (Lipinski definition) is 4. The first-order valence-corrected chi connectivity index (χ1v) is 8.31. The molecule has 11 heteroatoms. The topological polar surface area (TPSA) is 80.7 Å². The van der Waals surface area contributed by atoms with Crippen LogP contribution in [0.15, 0.2) is 24.3 Å². The predicted molar refractivity (Wildman–Crippen MR) is 76.7 cm³/mol. The van der Waals surface area contributed by atoms with E-state index in [0.29, 0.717) is 6.42 Å². The van der Waals surface area contributed by atoms with Crippen molar-refractivity contribution < 1.29 is 44.5 Å². The van der Waals surface area contributed by atoms with Gasteiger partial charge in [-0.05, 0) is 30.0 Å². The molecule has 1 aromatic rings. The van der Waals surface area contributed by atoms with Gasteiger partial charge in [0, 0.05) is 0 Å². The number of alkyl halides is 5. The lowest BCUT2D eigenvalue weighted by Crippen LogP contribution is -2.52. The Bertz CT molecular complexity index is 710. The number of rotatable bonds is 6. The molecule has 142 valence electrons. The molecule has 0 aliphatic carbocycles. The lowest BCUT2D eigenvalue weighted by atomic mass is 10.0. The van der Waals surface area contributed by atoms with Crippen LogP contribution in [0.4, 0.5) is 22.0 Å². The Morgan fingerprint density at radius 1 is 1.12 bits per heavy atom. The number of benzene rings is 1. The van der Waals surface area contributed by atoms with E-state index in [0.717, 1.165) is 17.7 Å². The van der Waals surface area contributed by atoms with Crippen LogP contribution in [0.5, 0.6) is 0 Å². The quantitative estimate of drug-likeness (QED) is 0.457. The number of ether oxygens (including phenoxy) is 1. The molecule has 0 saturated heterocycles. The third-order valence-electron chi connectivity index (χ3n) is 3.00. The van der Waals surface area contributed by atoms with E-state index >= 15 is 0 Å². The zero-order valence-corrected chi connectivity index (χ0v) is 13.9. The SMILES string of the molecule is CC(C)Cc1ccc(C(=O)OC(C(F)(F)F)C(F)(F)S(=O)(=O)O)cc1. The molecule has 0 saturated carbocycles. The highest BCUT2D eigenvalue weighted by atomic mass is 32.2. The molecular formula is C14H15F5O5S. The predicted octanol–water partition coefficient (Wildman–Crippen LogP) is 3.45. The van der Waals surface area contributed by atoms with Gasteiger partial charge in [-0.3, -0.25) is 4.55 Å². The fourth-order valence-electron chi connectivity index (χ4n) is 1.88. The third-order valence-corrected chi connectivity index (χ3v) is 3.91. The van der Waals surface area contributed by atoms with E-state index in [1.165, 1.54) is 12.1 Å². The summed E-state index contributed by atoms with van der Waals surface area (Å²) in [6, 6.07) is 4.94. The molecular weight excluding hydrogens is 375 g/mol. The average molecular weight is 390 g/mol. The molecule has 1 unspecified atom stereocenters. The van der Waals surface area contributed by atoms with Crippen LogP contribution >= 0.6 is 0 Å². The minimum atomic E-state index is -6.46. The molecule has 0 spiro atoms. The highest BCUT2D eigenvalue weighted by Crippen LogP contribution is 2.38. The van der Waals surface area contributed by atoms with Gasteiger partial charge in [0.2, 0.25) is 0 Å². The number of hydrogen-bond donors (Lipinski definition) is 1. The minimum Gasteiger partial charge on any atom is -0.441 e. The van der Waals surface area contributed by atoms with Gasteiger partial charge in [-0.15, -0.1) is 0 Å². The van der Waals surface area contributed by atoms with Gasteiger partial charge >= 0.3 is 27.5 Å². The monoisotopic (exact) mass is 390 g/mol. The van der Waals surface area contributed by atoms with Crippen molar-refractivity contribution in [3.05, 3.63) is 35.4 Å². The van der Waals surface area contributed by atoms with E-state index in [4.69, 9.17) is 4.55 Å². The average Bonchev–Trinajstić information content (AvgIpc) is 2.42. The van der Waals surface area contributed by atoms with Crippen molar-refractivity contribution in [3.8, 4) is 0 Å². The van der Waals surface area contributed by atoms with Crippen molar-refractivity contribution in [2.75, 3.05) is 0 Å². The number of carbonyl (C=O) groups is 1. The summed E-state index contributed by atoms with van der Waals surface area (Å²) in [4.78, 5) is 11.7. The first-order chi connectivity index (χ1) is 11.2. The second kappa shape index (κ2) is 7.24. The molecule has 25 heavy (non-hydrogen) atoms. The fourth-order valence-corrected chi connectivity index (χ4v) is 2.34. The Labute approximate surface area is 140 Å². The summed E-state index contributed by atoms with van der Waals surface area (Å²) >= 11 is 0. The second-order valence-electron chi connectivity index (χ2n) is 5.66. The van der Waals surface area contributed by atoms with Gasteiger partial charge in [0.1, 0.15) is 0 Å². The summed E-state index contributed by atoms with van der Waals surface area (Å²) < 4.78 is 97.8. The van der Waals surface area contributed by atoms with E-state index in [-0.39, 0.29) is 5.92 Å². The molecule has 0 fully saturated rings. The van der Waals surface area contributed by atoms with Crippen molar-refractivity contribution in [1.29, 1.82) is 0 Å². The first-order valence-electron chi connectivity index (χ1n) is 6.87. The second-order valence-corrected chi connectivity index (χ2v) is 7.15. The molecule has 0 aliphatic rings. The van der Waals surface area contributed by atoms with E-state index in [9.17, 15) is 35.2 Å². The van der Waals surface area contributed by atoms with Crippen LogP contribution in [0.25, 0.3) is 0 Å². The summed E-state index contributed by atoms with van der Waals surface area (Å²) in [6.07, 6.45) is -9.66. The maximum Gasteiger partial charge on any atom is 0.432 e. The lowest BCUT2D eigenvalue weighted by Gasteiger charge is -2.26. The van der Waals surface area contributed by atoms with Gasteiger partial charge in [0.15, 0.2) is 0 Å². The van der Waals surface area contributed by atoms with Crippen LogP contribution in [0, 0.1) is 5.92 Å². The van der Waals surface area contributed by atoms with Gasteiger partial charge in [0.25, 0.3) is 6.10 Å². The summed E-state index contributed by atoms with van der Waals surface area (Å²) in [5.74, 6) is -1.54. The molecule has 1 N–H and O–H groups in total. The standard InChI is InChI=1S/C14H15F5O5S/c1-8(2)7-9-3-5-10(6-4-9)11(20)24-12(13(15,16)17)14(18,19)25(21,22)23/h3-6,8,12H,7H2,1-2H3,(H,21,22,23). The fraction of sp³-hybridized carbons (Fsp3) is 0.500. The zero-order chi connectivity index (χ0) is 19.6. The molecule has 1 atom stereocenters. The van der Waals surface area contributed by atoms with Crippen LogP contribution in [0.2, 0.25) is 0 Å². The van der Waals surface area contributed by atoms with Crippen molar-refractivity contribution in [2.24, 2.45) is 5.92 Å². The van der Waals surface area contributed by atoms with Crippen LogP contribution in [-0.4, -0.2) is 36.5 Å². The van der Waals surface area contributed by atoms with Crippen molar-refractivity contribution in [1.82, 2.24) is 0 Å². The zero-order valence-electron chi connectivity index (χ0n) is 13.0. The van der Waals surface area contributed by atoms with Gasteiger partial charge in [0.05, 0.1) is 5.56 Å². The molecule has 0 bridgehead atoms. The molecule has 0 radical (unpaired) electrons. The van der Waals surface area contributed by atoms with Crippen LogP contribution in [-0.2, 0) is 21.3 Å². The van der Waals surface area contributed by atoms with E-state index < -0.39 is 39.2 Å². The van der Waals surface area contributed by atoms with E-state index in [1.807, 2.05) is 13.8 Å². The van der Waals surface area contributed by atoms with E-state index in [2.05, 4.69) is 4.74 Å². The lowest BCUT2D eigenvalue weighted by molar-refractivity contribution is -0.248. The molecule has 5 nitrogen and oxygen atoms in total. The number of esters is 1.